The summed E-state index contributed by atoms with van der Waals surface area (Å²) in [6.07, 6.45) is 7.71. The molecule has 2 saturated carbocycles. The average Bonchev–Trinajstić information content (AvgIpc) is 3.21. The van der Waals surface area contributed by atoms with E-state index in [0.717, 1.165) is 37.8 Å². The summed E-state index contributed by atoms with van der Waals surface area (Å²) in [5.74, 6) is 7.26. The molecule has 0 heterocycles. The Morgan fingerprint density at radius 3 is 2.60 bits per heavy atom. The lowest BCUT2D eigenvalue weighted by Gasteiger charge is -2.53. The van der Waals surface area contributed by atoms with Crippen molar-refractivity contribution in [2.75, 3.05) is 11.9 Å². The van der Waals surface area contributed by atoms with Gasteiger partial charge in [-0.25, -0.2) is 0 Å². The summed E-state index contributed by atoms with van der Waals surface area (Å²) in [4.78, 5) is 27.1. The number of fused-ring (bicyclic) bond motifs is 4. The summed E-state index contributed by atoms with van der Waals surface area (Å²) in [6, 6.07) is 15.3. The summed E-state index contributed by atoms with van der Waals surface area (Å²) in [5, 5.41) is 12.4. The van der Waals surface area contributed by atoms with Gasteiger partial charge < -0.3 is 10.0 Å². The molecule has 4 aliphatic rings. The molecule has 0 radical (unpaired) electrons. The van der Waals surface area contributed by atoms with Gasteiger partial charge in [-0.1, -0.05) is 48.2 Å². The molecule has 4 aliphatic carbocycles. The molecular formula is C35H36ClNO3. The Kier molecular flexibility index (Phi) is 6.80. The van der Waals surface area contributed by atoms with Gasteiger partial charge in [0.05, 0.1) is 0 Å². The van der Waals surface area contributed by atoms with Gasteiger partial charge in [-0.15, -0.1) is 5.92 Å². The van der Waals surface area contributed by atoms with E-state index in [2.05, 4.69) is 30.9 Å². The molecule has 40 heavy (non-hydrogen) atoms. The van der Waals surface area contributed by atoms with Crippen molar-refractivity contribution < 1.29 is 14.7 Å². The third-order valence-corrected chi connectivity index (χ3v) is 10.5. The molecular weight excluding hydrogens is 518 g/mol. The highest BCUT2D eigenvalue weighted by molar-refractivity contribution is 6.31. The van der Waals surface area contributed by atoms with E-state index in [0.29, 0.717) is 35.3 Å². The Balaban J connectivity index is 1.40. The SMILES string of the molecule is CC#C[C@]1(O)CC[C@H]2[C@@H]3CCC4=CC(=O)CCC4=C3[C@@H](c3ccc(N(C)C(=O)c4cccc(Cl)c4)cc3)C[C@@]21C. The van der Waals surface area contributed by atoms with E-state index in [1.54, 1.807) is 36.2 Å². The van der Waals surface area contributed by atoms with E-state index in [-0.39, 0.29) is 23.0 Å². The number of carbonyl (C=O) groups is 2. The van der Waals surface area contributed by atoms with Crippen molar-refractivity contribution in [1.82, 2.24) is 0 Å². The fraction of sp³-hybridized carbons (Fsp3) is 0.429. The molecule has 0 unspecified atom stereocenters. The minimum Gasteiger partial charge on any atom is -0.377 e. The topological polar surface area (TPSA) is 57.6 Å². The van der Waals surface area contributed by atoms with Crippen LogP contribution in [0.1, 0.15) is 80.6 Å². The van der Waals surface area contributed by atoms with Crippen molar-refractivity contribution >= 4 is 29.0 Å². The number of aliphatic hydroxyl groups is 1. The highest BCUT2D eigenvalue weighted by Gasteiger charge is 2.62. The summed E-state index contributed by atoms with van der Waals surface area (Å²) in [6.45, 7) is 4.07. The lowest BCUT2D eigenvalue weighted by Crippen LogP contribution is -2.51. The largest absolute Gasteiger partial charge is 0.377 e. The van der Waals surface area contributed by atoms with Crippen LogP contribution in [0.25, 0.3) is 0 Å². The fourth-order valence-electron chi connectivity index (χ4n) is 8.24. The number of ketones is 1. The fourth-order valence-corrected chi connectivity index (χ4v) is 8.43. The smallest absolute Gasteiger partial charge is 0.258 e. The summed E-state index contributed by atoms with van der Waals surface area (Å²) < 4.78 is 0. The number of allylic oxidation sites excluding steroid dienone is 4. The van der Waals surface area contributed by atoms with Crippen LogP contribution < -0.4 is 4.90 Å². The second-order valence-corrected chi connectivity index (χ2v) is 12.7. The van der Waals surface area contributed by atoms with Gasteiger partial charge in [0.2, 0.25) is 0 Å². The van der Waals surface area contributed by atoms with Gasteiger partial charge in [0.25, 0.3) is 5.91 Å². The van der Waals surface area contributed by atoms with Gasteiger partial charge in [-0.2, -0.15) is 0 Å². The Labute approximate surface area is 242 Å². The monoisotopic (exact) mass is 553 g/mol. The average molecular weight is 554 g/mol. The molecule has 0 spiro atoms. The number of hydrogen-bond acceptors (Lipinski definition) is 3. The summed E-state index contributed by atoms with van der Waals surface area (Å²) in [7, 11) is 1.78. The second kappa shape index (κ2) is 10.1. The summed E-state index contributed by atoms with van der Waals surface area (Å²) in [5.41, 5.74) is 5.32. The first-order valence-electron chi connectivity index (χ1n) is 14.4. The molecule has 2 fully saturated rings. The van der Waals surface area contributed by atoms with Crippen molar-refractivity contribution in [2.45, 2.75) is 70.3 Å². The zero-order valence-electron chi connectivity index (χ0n) is 23.5. The van der Waals surface area contributed by atoms with Crippen LogP contribution in [-0.2, 0) is 4.79 Å². The first-order valence-corrected chi connectivity index (χ1v) is 14.8. The lowest BCUT2D eigenvalue weighted by atomic mass is 9.51. The molecule has 1 N–H and O–H groups in total. The van der Waals surface area contributed by atoms with Crippen molar-refractivity contribution in [3.63, 3.8) is 0 Å². The predicted octanol–water partition coefficient (Wildman–Crippen LogP) is 7.27. The standard InChI is InChI=1S/C35H36ClNO3/c1-4-17-35(40)18-16-31-29-14-10-23-20-27(38)13-15-28(23)32(29)30(21-34(31,35)2)22-8-11-26(12-9-22)37(3)33(39)24-6-5-7-25(36)19-24/h5-9,11-12,19-20,29-31,40H,10,13-16,18,21H2,1-3H3/t29-,30+,31-,34-,35-/m0/s1. The van der Waals surface area contributed by atoms with Crippen molar-refractivity contribution in [1.29, 1.82) is 0 Å². The number of carbonyl (C=O) groups excluding carboxylic acids is 2. The van der Waals surface area contributed by atoms with Crippen LogP contribution in [0.2, 0.25) is 5.02 Å². The van der Waals surface area contributed by atoms with Gasteiger partial charge in [0, 0.05) is 41.1 Å². The normalized spacial score (nSPS) is 30.9. The van der Waals surface area contributed by atoms with Gasteiger partial charge >= 0.3 is 0 Å². The van der Waals surface area contributed by atoms with Crippen molar-refractivity contribution in [3.05, 3.63) is 87.5 Å². The molecule has 5 heteroatoms. The minimum absolute atomic E-state index is 0.114. The maximum atomic E-state index is 13.1. The number of amides is 1. The molecule has 0 bridgehead atoms. The highest BCUT2D eigenvalue weighted by Crippen LogP contribution is 2.66. The number of anilines is 1. The van der Waals surface area contributed by atoms with Crippen LogP contribution in [0.4, 0.5) is 5.69 Å². The number of nitrogens with zero attached hydrogens (tertiary/aromatic N) is 1. The molecule has 0 aromatic heterocycles. The van der Waals surface area contributed by atoms with Gasteiger partial charge in [-0.3, -0.25) is 9.59 Å². The molecule has 0 saturated heterocycles. The van der Waals surface area contributed by atoms with E-state index in [9.17, 15) is 14.7 Å². The third-order valence-electron chi connectivity index (χ3n) is 10.3. The van der Waals surface area contributed by atoms with E-state index in [1.165, 1.54) is 22.3 Å². The quantitative estimate of drug-likeness (QED) is 0.407. The number of benzene rings is 2. The van der Waals surface area contributed by atoms with E-state index in [4.69, 9.17) is 11.6 Å². The lowest BCUT2D eigenvalue weighted by molar-refractivity contribution is -0.114. The Morgan fingerprint density at radius 2 is 1.88 bits per heavy atom. The molecule has 4 nitrogen and oxygen atoms in total. The summed E-state index contributed by atoms with van der Waals surface area (Å²) >= 11 is 6.12. The first kappa shape index (κ1) is 27.1. The Bertz CT molecular complexity index is 1510. The van der Waals surface area contributed by atoms with Gasteiger partial charge in [0.1, 0.15) is 5.60 Å². The zero-order chi connectivity index (χ0) is 28.2. The second-order valence-electron chi connectivity index (χ2n) is 12.2. The van der Waals surface area contributed by atoms with E-state index < -0.39 is 5.60 Å². The Hall–Kier alpha value is -3.13. The molecule has 1 amide bonds. The predicted molar refractivity (Wildman–Crippen MR) is 159 cm³/mol. The Morgan fingerprint density at radius 1 is 1.10 bits per heavy atom. The number of rotatable bonds is 3. The van der Waals surface area contributed by atoms with Gasteiger partial charge in [-0.05, 0) is 110 Å². The molecule has 6 rings (SSSR count). The van der Waals surface area contributed by atoms with Crippen molar-refractivity contribution in [3.8, 4) is 11.8 Å². The van der Waals surface area contributed by atoms with Crippen LogP contribution in [0, 0.1) is 29.1 Å². The highest BCUT2D eigenvalue weighted by atomic mass is 35.5. The van der Waals surface area contributed by atoms with Crippen LogP contribution in [0.3, 0.4) is 0 Å². The van der Waals surface area contributed by atoms with Crippen molar-refractivity contribution in [2.24, 2.45) is 17.3 Å². The van der Waals surface area contributed by atoms with E-state index in [1.807, 2.05) is 25.1 Å². The van der Waals surface area contributed by atoms with Crippen LogP contribution >= 0.6 is 11.6 Å². The third kappa shape index (κ3) is 4.26. The van der Waals surface area contributed by atoms with Crippen LogP contribution in [0.15, 0.2) is 71.3 Å². The number of halogens is 1. The molecule has 2 aromatic carbocycles. The first-order chi connectivity index (χ1) is 19.1. The minimum atomic E-state index is -0.997. The molecule has 0 aliphatic heterocycles. The van der Waals surface area contributed by atoms with E-state index >= 15 is 0 Å². The van der Waals surface area contributed by atoms with Gasteiger partial charge in [0.15, 0.2) is 5.78 Å². The zero-order valence-corrected chi connectivity index (χ0v) is 24.2. The molecule has 5 atom stereocenters. The number of hydrogen-bond donors (Lipinski definition) is 1. The maximum Gasteiger partial charge on any atom is 0.258 e. The molecule has 206 valence electrons. The van der Waals surface area contributed by atoms with Crippen LogP contribution in [-0.4, -0.2) is 29.4 Å². The molecule has 2 aromatic rings. The van der Waals surface area contributed by atoms with Crippen LogP contribution in [0.5, 0.6) is 0 Å². The maximum absolute atomic E-state index is 13.1.